The van der Waals surface area contributed by atoms with Crippen LogP contribution in [0, 0.1) is 45.9 Å². The maximum atomic E-state index is 14.8. The zero-order chi connectivity index (χ0) is 67.7. The maximum Gasteiger partial charge on any atom is 0.416 e. The third-order valence-corrected chi connectivity index (χ3v) is 17.1. The molecule has 0 spiro atoms. The monoisotopic (exact) mass is 1300 g/mol. The summed E-state index contributed by atoms with van der Waals surface area (Å²) in [4.78, 5) is 0. The summed E-state index contributed by atoms with van der Waals surface area (Å²) in [5.41, 5.74) is 1.94. The zero-order valence-corrected chi connectivity index (χ0v) is 50.6. The molecule has 0 N–H and O–H groups in total. The molecule has 0 saturated carbocycles. The molecular weight excluding hydrogens is 1250 g/mol. The molecule has 476 valence electrons. The van der Waals surface area contributed by atoms with E-state index in [2.05, 4.69) is 6.07 Å². The average Bonchev–Trinajstić information content (AvgIpc) is 1.58. The largest absolute Gasteiger partial charge is 0.416 e. The van der Waals surface area contributed by atoms with Crippen LogP contribution >= 0.6 is 0 Å². The van der Waals surface area contributed by atoms with Gasteiger partial charge in [0, 0.05) is 32.7 Å². The maximum absolute atomic E-state index is 14.8. The van der Waals surface area contributed by atoms with Crippen molar-refractivity contribution in [1.29, 1.82) is 5.26 Å². The van der Waals surface area contributed by atoms with Crippen molar-refractivity contribution in [2.24, 2.45) is 0 Å². The van der Waals surface area contributed by atoms with Gasteiger partial charge in [0.1, 0.15) is 0 Å². The van der Waals surface area contributed by atoms with Gasteiger partial charge in [-0.2, -0.15) is 71.1 Å². The predicted octanol–water partition coefficient (Wildman–Crippen LogP) is 24.4. The first kappa shape index (κ1) is 63.2. The van der Waals surface area contributed by atoms with E-state index in [4.69, 9.17) is 0 Å². The van der Waals surface area contributed by atoms with Crippen molar-refractivity contribution < 1.29 is 65.9 Å². The van der Waals surface area contributed by atoms with E-state index in [0.29, 0.717) is 50.8 Å². The van der Waals surface area contributed by atoms with Crippen molar-refractivity contribution in [2.45, 2.75) is 65.5 Å². The van der Waals surface area contributed by atoms with Gasteiger partial charge in [0.15, 0.2) is 0 Å². The molecular formula is C77H48F15N3. The number of nitriles is 1. The number of halogens is 15. The van der Waals surface area contributed by atoms with Crippen LogP contribution in [-0.4, -0.2) is 9.13 Å². The molecule has 0 radical (unpaired) electrons. The highest BCUT2D eigenvalue weighted by Crippen LogP contribution is 2.48. The van der Waals surface area contributed by atoms with Crippen molar-refractivity contribution in [1.82, 2.24) is 9.13 Å². The van der Waals surface area contributed by atoms with Crippen LogP contribution in [0.15, 0.2) is 200 Å². The van der Waals surface area contributed by atoms with E-state index < -0.39 is 64.3 Å². The highest BCUT2D eigenvalue weighted by Gasteiger charge is 2.38. The quantitative estimate of drug-likeness (QED) is 0.140. The third-order valence-electron chi connectivity index (χ3n) is 17.1. The minimum absolute atomic E-state index is 0.00195. The van der Waals surface area contributed by atoms with Gasteiger partial charge >= 0.3 is 30.9 Å². The summed E-state index contributed by atoms with van der Waals surface area (Å²) in [6.45, 7) is 8.44. The standard InChI is InChI=1S/C77H48F15N3/c1-40-19-41(2)21-51(20-40)45-9-16-68-63(33-45)64-35-47(53-23-43(4)26-57(29-53)74(81,82)83)11-17-69(64)95(68)71-8-6-7-50(39-93)72(71)65-37-49(54-24-44(5)27-58(30-54)75(84,85)86)13-18-70(65)94-66-14-10-46(52-22-42(3)25-56(28-52)73(78,79)80)34-61(66)62-36-48(12-15-67(62)94)55-31-59(76(87,88)89)38-60(32-55)77(90,91)92/h6-38H,1-5H3. The number of aromatic nitrogens is 2. The Labute approximate surface area is 532 Å². The molecule has 13 rings (SSSR count). The smallest absolute Gasteiger partial charge is 0.309 e. The molecule has 2 aromatic heterocycles. The fourth-order valence-corrected chi connectivity index (χ4v) is 13.1. The lowest BCUT2D eigenvalue weighted by Gasteiger charge is -2.21. The van der Waals surface area contributed by atoms with E-state index in [1.807, 2.05) is 54.8 Å². The molecule has 95 heavy (non-hydrogen) atoms. The lowest BCUT2D eigenvalue weighted by Crippen LogP contribution is -2.11. The van der Waals surface area contributed by atoms with Gasteiger partial charge < -0.3 is 9.13 Å². The fourth-order valence-electron chi connectivity index (χ4n) is 13.1. The Morgan fingerprint density at radius 3 is 0.895 bits per heavy atom. The van der Waals surface area contributed by atoms with Crippen LogP contribution in [0.4, 0.5) is 65.9 Å². The van der Waals surface area contributed by atoms with Gasteiger partial charge in [-0.25, -0.2) is 0 Å². The van der Waals surface area contributed by atoms with Gasteiger partial charge in [-0.15, -0.1) is 0 Å². The molecule has 0 unspecified atom stereocenters. The number of hydrogen-bond donors (Lipinski definition) is 0. The van der Waals surface area contributed by atoms with Gasteiger partial charge in [0.25, 0.3) is 0 Å². The van der Waals surface area contributed by atoms with Gasteiger partial charge in [-0.1, -0.05) is 83.9 Å². The molecule has 18 heteroatoms. The average molecular weight is 1300 g/mol. The number of rotatable bonds is 8. The van der Waals surface area contributed by atoms with Crippen LogP contribution in [0.5, 0.6) is 0 Å². The Kier molecular flexibility index (Phi) is 15.0. The molecule has 13 aromatic rings. The van der Waals surface area contributed by atoms with E-state index in [-0.39, 0.29) is 94.8 Å². The van der Waals surface area contributed by atoms with Crippen LogP contribution in [0.3, 0.4) is 0 Å². The molecule has 0 fully saturated rings. The topological polar surface area (TPSA) is 33.6 Å². The Morgan fingerprint density at radius 1 is 0.274 bits per heavy atom. The van der Waals surface area contributed by atoms with Crippen LogP contribution in [-0.2, 0) is 30.9 Å². The Bertz CT molecular complexity index is 5320. The lowest BCUT2D eigenvalue weighted by molar-refractivity contribution is -0.143. The summed E-state index contributed by atoms with van der Waals surface area (Å²) >= 11 is 0. The van der Waals surface area contributed by atoms with E-state index in [9.17, 15) is 71.1 Å². The highest BCUT2D eigenvalue weighted by molar-refractivity contribution is 6.14. The van der Waals surface area contributed by atoms with Gasteiger partial charge in [0.2, 0.25) is 0 Å². The second kappa shape index (κ2) is 22.6. The van der Waals surface area contributed by atoms with Gasteiger partial charge in [-0.3, -0.25) is 0 Å². The molecule has 0 aliphatic rings. The predicted molar refractivity (Wildman–Crippen MR) is 341 cm³/mol. The summed E-state index contributed by atoms with van der Waals surface area (Å²) in [5, 5.41) is 13.1. The number of nitrogens with zero attached hydrogens (tertiary/aromatic N) is 3. The van der Waals surface area contributed by atoms with E-state index >= 15 is 0 Å². The van der Waals surface area contributed by atoms with Crippen LogP contribution < -0.4 is 0 Å². The normalized spacial score (nSPS) is 12.6. The third kappa shape index (κ3) is 11.8. The lowest BCUT2D eigenvalue weighted by atomic mass is 9.91. The van der Waals surface area contributed by atoms with E-state index in [0.717, 1.165) is 58.7 Å². The Morgan fingerprint density at radius 2 is 0.558 bits per heavy atom. The molecule has 11 aromatic carbocycles. The van der Waals surface area contributed by atoms with E-state index in [1.54, 1.807) is 90.4 Å². The van der Waals surface area contributed by atoms with Crippen molar-refractivity contribution in [3.8, 4) is 84.2 Å². The SMILES string of the molecule is Cc1cc(C)cc(-c2ccc3c(c2)c2cc(-c4cc(C)cc(C(F)(F)F)c4)ccc2n3-c2cccc(C#N)c2-c2cc(-c3cc(C)cc(C(F)(F)F)c3)ccc2-n2c3ccc(-c4cc(C)cc(C(F)(F)F)c4)cc3c3cc(-c4cc(C(F)(F)F)cc(C(F)(F)F)c4)ccc32)c1. The molecule has 0 atom stereocenters. The Balaban J connectivity index is 1.14. The summed E-state index contributed by atoms with van der Waals surface area (Å²) in [5.74, 6) is 0. The fraction of sp³-hybridized carbons (Fsp3) is 0.130. The second-order valence-corrected chi connectivity index (χ2v) is 24.1. The van der Waals surface area contributed by atoms with Crippen molar-refractivity contribution in [2.75, 3.05) is 0 Å². The van der Waals surface area contributed by atoms with Crippen molar-refractivity contribution in [3.63, 3.8) is 0 Å². The highest BCUT2D eigenvalue weighted by atomic mass is 19.4. The summed E-state index contributed by atoms with van der Waals surface area (Å²) in [6, 6.07) is 49.7. The minimum Gasteiger partial charge on any atom is -0.309 e. The Hall–Kier alpha value is -10.5. The van der Waals surface area contributed by atoms with Gasteiger partial charge in [-0.05, 0) is 234 Å². The molecule has 0 saturated heterocycles. The zero-order valence-electron chi connectivity index (χ0n) is 50.6. The molecule has 2 heterocycles. The molecule has 3 nitrogen and oxygen atoms in total. The van der Waals surface area contributed by atoms with Crippen molar-refractivity contribution >= 4 is 43.6 Å². The molecule has 0 aliphatic heterocycles. The second-order valence-electron chi connectivity index (χ2n) is 24.1. The number of benzene rings is 11. The van der Waals surface area contributed by atoms with Crippen LogP contribution in [0.25, 0.3) is 122 Å². The first-order valence-corrected chi connectivity index (χ1v) is 29.5. The summed E-state index contributed by atoms with van der Waals surface area (Å²) < 4.78 is 221. The minimum atomic E-state index is -5.22. The molecule has 0 aliphatic carbocycles. The first-order chi connectivity index (χ1) is 44.7. The number of hydrogen-bond acceptors (Lipinski definition) is 1. The van der Waals surface area contributed by atoms with Crippen molar-refractivity contribution in [3.05, 3.63) is 261 Å². The molecule has 0 bridgehead atoms. The number of alkyl halides is 15. The van der Waals surface area contributed by atoms with Gasteiger partial charge in [0.05, 0.1) is 72.9 Å². The summed E-state index contributed by atoms with van der Waals surface area (Å²) in [7, 11) is 0. The van der Waals surface area contributed by atoms with Crippen LogP contribution in [0.2, 0.25) is 0 Å². The number of fused-ring (bicyclic) bond motifs is 6. The summed E-state index contributed by atoms with van der Waals surface area (Å²) in [6.07, 6.45) is -24.7. The number of aryl methyl sites for hydroxylation is 5. The molecule has 0 amide bonds. The van der Waals surface area contributed by atoms with Crippen LogP contribution in [0.1, 0.15) is 61.2 Å². The van der Waals surface area contributed by atoms with E-state index in [1.165, 1.54) is 44.2 Å². The first-order valence-electron chi connectivity index (χ1n) is 29.5.